The number of rotatable bonds is 8. The molecular weight excluding hydrogens is 957 g/mol. The number of hydrogen-bond acceptors (Lipinski definition) is 20. The van der Waals surface area contributed by atoms with Crippen molar-refractivity contribution < 1.29 is 85.4 Å². The first-order valence-electron chi connectivity index (χ1n) is 24.2. The smallest absolute Gasteiger partial charge is 0.402 e. The number of aromatic nitrogens is 2. The van der Waals surface area contributed by atoms with Crippen LogP contribution in [0.2, 0.25) is 0 Å². The summed E-state index contributed by atoms with van der Waals surface area (Å²) in [5, 5.41) is 0. The summed E-state index contributed by atoms with van der Waals surface area (Å²) >= 11 is 0. The maximum absolute atomic E-state index is 13.1. The minimum absolute atomic E-state index is 0.171. The normalized spacial score (nSPS) is 28.8. The molecule has 0 aromatic carbocycles. The third-order valence-electron chi connectivity index (χ3n) is 14.6. The van der Waals surface area contributed by atoms with Gasteiger partial charge < -0.3 is 37.9 Å². The quantitative estimate of drug-likeness (QED) is 0.209. The molecule has 24 heteroatoms. The topological polar surface area (TPSA) is 276 Å². The van der Waals surface area contributed by atoms with E-state index < -0.39 is 102 Å². The largest absolute Gasteiger partial charge is 0.458 e. The van der Waals surface area contributed by atoms with Gasteiger partial charge in [-0.05, 0) is 51.4 Å². The molecule has 0 saturated carbocycles. The molecule has 9 atom stereocenters. The summed E-state index contributed by atoms with van der Waals surface area (Å²) in [6, 6.07) is 0. The third kappa shape index (κ3) is 6.42. The summed E-state index contributed by atoms with van der Waals surface area (Å²) in [6.45, 7) is 10.2. The fraction of sp³-hybridized carbons (Fsp3) is 0.510. The van der Waals surface area contributed by atoms with Gasteiger partial charge in [0, 0.05) is 66.5 Å². The summed E-state index contributed by atoms with van der Waals surface area (Å²) in [6.07, 6.45) is -6.52. The molecule has 0 saturated heterocycles. The standard InChI is InChI=1S/C49H48N8O16/c1-17(58)66-25-9-10-26(67-18(2)59)34-33(25)41-50-43-35-27(68-19(3)60)11-12-28(69-20(4)61)36(35)45-52-47-39-31(72-23(7)64)15-16-32(73-24(8)65)40(39)48-53-46-38-30(71-22(6)63)14-13-29(70-21(5)62)37(38)44-51-42(34)54(41)49(55(43)45,56(44)46)57(47)48/h25-32H,9-16H2,1-8H3/q+2. The second-order valence-corrected chi connectivity index (χ2v) is 19.4. The van der Waals surface area contributed by atoms with Crippen LogP contribution >= 0.6 is 0 Å². The first kappa shape index (κ1) is 46.2. The molecule has 6 aliphatic heterocycles. The lowest BCUT2D eigenvalue weighted by atomic mass is 9.86. The lowest BCUT2D eigenvalue weighted by Gasteiger charge is -2.42. The summed E-state index contributed by atoms with van der Waals surface area (Å²) < 4.78 is 56.2. The number of nitrogens with zero attached hydrogens (tertiary/aromatic N) is 8. The molecule has 9 unspecified atom stereocenters. The van der Waals surface area contributed by atoms with Gasteiger partial charge >= 0.3 is 53.7 Å². The van der Waals surface area contributed by atoms with Gasteiger partial charge in [0.1, 0.15) is 48.8 Å². The van der Waals surface area contributed by atoms with Gasteiger partial charge in [-0.3, -0.25) is 38.4 Å². The van der Waals surface area contributed by atoms with Gasteiger partial charge in [-0.15, -0.1) is 9.15 Å². The molecule has 73 heavy (non-hydrogen) atoms. The van der Waals surface area contributed by atoms with Crippen molar-refractivity contribution in [2.24, 2.45) is 20.0 Å². The maximum atomic E-state index is 13.1. The first-order valence-corrected chi connectivity index (χ1v) is 24.2. The predicted molar refractivity (Wildman–Crippen MR) is 241 cm³/mol. The Labute approximate surface area is 413 Å². The van der Waals surface area contributed by atoms with E-state index in [9.17, 15) is 38.4 Å². The van der Waals surface area contributed by atoms with Crippen molar-refractivity contribution in [1.82, 2.24) is 9.13 Å². The van der Waals surface area contributed by atoms with E-state index in [1.54, 1.807) is 18.3 Å². The number of ether oxygens (including phenoxy) is 8. The number of esters is 8. The van der Waals surface area contributed by atoms with Gasteiger partial charge in [0.05, 0.1) is 33.4 Å². The van der Waals surface area contributed by atoms with Crippen molar-refractivity contribution in [2.75, 3.05) is 0 Å². The van der Waals surface area contributed by atoms with Crippen molar-refractivity contribution in [1.29, 1.82) is 0 Å². The van der Waals surface area contributed by atoms with Gasteiger partial charge in [-0.2, -0.15) is 0 Å². The van der Waals surface area contributed by atoms with Gasteiger partial charge in [0.25, 0.3) is 23.3 Å². The fourth-order valence-electron chi connectivity index (χ4n) is 12.8. The summed E-state index contributed by atoms with van der Waals surface area (Å²) in [5.41, 5.74) is 3.09. The van der Waals surface area contributed by atoms with Crippen LogP contribution in [0.4, 0.5) is 11.6 Å². The minimum atomic E-state index is -1.98. The number of carbonyl (C=O) groups excluding carboxylic acids is 8. The number of aliphatic imine (C=N–C) groups is 2. The first-order chi connectivity index (χ1) is 34.8. The van der Waals surface area contributed by atoms with E-state index >= 15 is 0 Å². The summed E-state index contributed by atoms with van der Waals surface area (Å²) in [5.74, 6) is -5.86. The average Bonchev–Trinajstić information content (AvgIpc) is 4.02. The monoisotopic (exact) mass is 1000 g/mol. The maximum Gasteiger partial charge on any atom is 0.402 e. The van der Waals surface area contributed by atoms with E-state index in [4.69, 9.17) is 57.9 Å². The predicted octanol–water partition coefficient (Wildman–Crippen LogP) is 2.52. The molecule has 2 aromatic heterocycles. The molecule has 0 amide bonds. The molecule has 0 fully saturated rings. The zero-order valence-corrected chi connectivity index (χ0v) is 40.9. The van der Waals surface area contributed by atoms with Crippen molar-refractivity contribution in [3.05, 3.63) is 55.5 Å². The molecule has 8 heterocycles. The van der Waals surface area contributed by atoms with Crippen LogP contribution in [0.5, 0.6) is 0 Å². The fourth-order valence-corrected chi connectivity index (χ4v) is 12.8. The molecule has 378 valence electrons. The number of fused-ring (bicyclic) bond motifs is 10. The third-order valence-corrected chi connectivity index (χ3v) is 14.6. The van der Waals surface area contributed by atoms with Crippen LogP contribution in [0.1, 0.15) is 153 Å². The second-order valence-electron chi connectivity index (χ2n) is 19.4. The van der Waals surface area contributed by atoms with E-state index in [0.717, 1.165) is 0 Å². The van der Waals surface area contributed by atoms with Gasteiger partial charge in [-0.25, -0.2) is 14.1 Å². The highest BCUT2D eigenvalue weighted by molar-refractivity contribution is 6.23. The Morgan fingerprint density at radius 1 is 0.370 bits per heavy atom. The Hall–Kier alpha value is -7.92. The molecule has 1 spiro atoms. The Bertz CT molecular complexity index is 3420. The number of carbonyl (C=O) groups is 8. The van der Waals surface area contributed by atoms with Gasteiger partial charge in [0.15, 0.2) is 11.3 Å². The van der Waals surface area contributed by atoms with Crippen LogP contribution in [0.3, 0.4) is 0 Å². The Morgan fingerprint density at radius 2 is 0.658 bits per heavy atom. The molecule has 0 radical (unpaired) electrons. The molecule has 12 rings (SSSR count). The van der Waals surface area contributed by atoms with Crippen LogP contribution in [-0.4, -0.2) is 114 Å². The van der Waals surface area contributed by atoms with E-state index in [2.05, 4.69) is 0 Å². The van der Waals surface area contributed by atoms with Crippen LogP contribution in [0.25, 0.3) is 0 Å². The van der Waals surface area contributed by atoms with Crippen LogP contribution in [0.15, 0.2) is 42.3 Å². The van der Waals surface area contributed by atoms with Crippen molar-refractivity contribution in [3.8, 4) is 0 Å². The lowest BCUT2D eigenvalue weighted by Crippen LogP contribution is -2.72. The van der Waals surface area contributed by atoms with Gasteiger partial charge in [0.2, 0.25) is 11.3 Å². The lowest BCUT2D eigenvalue weighted by molar-refractivity contribution is -0.792. The highest BCUT2D eigenvalue weighted by Gasteiger charge is 2.73. The van der Waals surface area contributed by atoms with E-state index in [-0.39, 0.29) is 97.3 Å². The number of hydrogen-bond donors (Lipinski definition) is 0. The van der Waals surface area contributed by atoms with Crippen LogP contribution < -0.4 is 11.0 Å². The van der Waals surface area contributed by atoms with Crippen molar-refractivity contribution in [3.63, 3.8) is 0 Å². The zero-order valence-electron chi connectivity index (χ0n) is 40.9. The van der Waals surface area contributed by atoms with Crippen LogP contribution in [0, 0.1) is 0 Å². The Balaban J connectivity index is 1.32. The molecule has 4 aliphatic carbocycles. The Morgan fingerprint density at radius 3 is 1.04 bits per heavy atom. The highest BCUT2D eigenvalue weighted by atomic mass is 16.6. The number of amidine groups is 4. The summed E-state index contributed by atoms with van der Waals surface area (Å²) in [4.78, 5) is 127. The average molecular weight is 1000 g/mol. The molecular formula is C49H48N8O16+2. The molecule has 0 bridgehead atoms. The van der Waals surface area contributed by atoms with E-state index in [0.29, 0.717) is 44.5 Å². The SMILES string of the molecule is CC(=O)OC1CCC(OC(C)=O)C2=C1C1=Nc3c4c(c5n3C36n7c(c8c(c7=N5)C(OC(C)=O)CCC8OC(C)=O)=NC5=[N+]3C(=NC2=[N+]16)C1=C5C(OC(C)=O)CCC1OC(C)=O)C(OC(C)=O)CCC4OC(C)=O. The molecule has 0 N–H and O–H groups in total. The van der Waals surface area contributed by atoms with Crippen molar-refractivity contribution in [2.45, 2.75) is 161 Å². The molecule has 2 aromatic rings. The van der Waals surface area contributed by atoms with Crippen LogP contribution in [-0.2, 0) is 82.2 Å². The zero-order chi connectivity index (χ0) is 51.4. The minimum Gasteiger partial charge on any atom is -0.458 e. The summed E-state index contributed by atoms with van der Waals surface area (Å²) in [7, 11) is 0. The van der Waals surface area contributed by atoms with Gasteiger partial charge in [-0.1, -0.05) is 15.0 Å². The Kier molecular flexibility index (Phi) is 10.1. The van der Waals surface area contributed by atoms with E-state index in [1.165, 1.54) is 55.4 Å². The second kappa shape index (κ2) is 16.0. The molecule has 10 aliphatic rings. The highest BCUT2D eigenvalue weighted by Crippen LogP contribution is 2.59. The van der Waals surface area contributed by atoms with Crippen molar-refractivity contribution >= 4 is 82.7 Å². The molecule has 24 nitrogen and oxygen atoms in total. The van der Waals surface area contributed by atoms with E-state index in [1.807, 2.05) is 0 Å².